The van der Waals surface area contributed by atoms with Crippen LogP contribution in [0.15, 0.2) is 0 Å². The molecule has 1 rings (SSSR count). The van der Waals surface area contributed by atoms with Gasteiger partial charge in [0.2, 0.25) is 0 Å². The van der Waals surface area contributed by atoms with E-state index in [4.69, 9.17) is 18.9 Å². The van der Waals surface area contributed by atoms with E-state index in [1.165, 1.54) is 0 Å². The Morgan fingerprint density at radius 3 is 2.11 bits per heavy atom. The molecular weight excluding hydrogens is 240 g/mol. The monoisotopic (exact) mass is 264 g/mol. The molecule has 1 heterocycles. The second kappa shape index (κ2) is 8.04. The Labute approximate surface area is 108 Å². The van der Waals surface area contributed by atoms with Crippen LogP contribution in [-0.4, -0.2) is 67.3 Å². The number of aliphatic hydroxyl groups excluding tert-OH is 2. The number of aliphatic hydroxyl groups is 2. The number of rotatable bonds is 7. The quantitative estimate of drug-likeness (QED) is 0.669. The normalized spacial score (nSPS) is 36.8. The lowest BCUT2D eigenvalue weighted by Crippen LogP contribution is -2.60. The van der Waals surface area contributed by atoms with E-state index in [2.05, 4.69) is 0 Å². The summed E-state index contributed by atoms with van der Waals surface area (Å²) in [6.45, 7) is 7.15. The molecule has 5 unspecified atom stereocenters. The molecule has 0 amide bonds. The Kier molecular flexibility index (Phi) is 7.06. The number of hydrogen-bond donors (Lipinski definition) is 2. The van der Waals surface area contributed by atoms with Crippen LogP contribution in [0, 0.1) is 0 Å². The van der Waals surface area contributed by atoms with Crippen molar-refractivity contribution in [3.05, 3.63) is 0 Å². The lowest BCUT2D eigenvalue weighted by atomic mass is 9.99. The second-order valence-electron chi connectivity index (χ2n) is 4.06. The van der Waals surface area contributed by atoms with Gasteiger partial charge in [-0.15, -0.1) is 0 Å². The molecule has 0 aliphatic carbocycles. The van der Waals surface area contributed by atoms with Crippen LogP contribution in [0.4, 0.5) is 0 Å². The van der Waals surface area contributed by atoms with E-state index >= 15 is 0 Å². The van der Waals surface area contributed by atoms with Crippen LogP contribution in [0.5, 0.6) is 0 Å². The topological polar surface area (TPSA) is 77.4 Å². The highest BCUT2D eigenvalue weighted by atomic mass is 16.7. The minimum absolute atomic E-state index is 0.272. The molecule has 0 radical (unpaired) electrons. The van der Waals surface area contributed by atoms with Gasteiger partial charge >= 0.3 is 0 Å². The van der Waals surface area contributed by atoms with E-state index in [1.54, 1.807) is 6.92 Å². The van der Waals surface area contributed by atoms with Crippen molar-refractivity contribution in [3.8, 4) is 0 Å². The van der Waals surface area contributed by atoms with Gasteiger partial charge in [-0.2, -0.15) is 0 Å². The Morgan fingerprint density at radius 2 is 1.56 bits per heavy atom. The van der Waals surface area contributed by atoms with Crippen molar-refractivity contribution in [2.24, 2.45) is 0 Å². The maximum Gasteiger partial charge on any atom is 0.184 e. The first-order valence-corrected chi connectivity index (χ1v) is 6.48. The van der Waals surface area contributed by atoms with Crippen LogP contribution >= 0.6 is 0 Å². The summed E-state index contributed by atoms with van der Waals surface area (Å²) in [7, 11) is 0. The average Bonchev–Trinajstić information content (AvgIpc) is 2.36. The highest BCUT2D eigenvalue weighted by Gasteiger charge is 2.45. The van der Waals surface area contributed by atoms with Crippen LogP contribution in [0.1, 0.15) is 20.8 Å². The summed E-state index contributed by atoms with van der Waals surface area (Å²) in [5.41, 5.74) is 0. The van der Waals surface area contributed by atoms with Crippen molar-refractivity contribution in [3.63, 3.8) is 0 Å². The third-order valence-corrected chi connectivity index (χ3v) is 2.84. The fourth-order valence-corrected chi connectivity index (χ4v) is 2.05. The van der Waals surface area contributed by atoms with Crippen LogP contribution in [0.2, 0.25) is 0 Å². The Balaban J connectivity index is 2.69. The first-order chi connectivity index (χ1) is 8.65. The molecule has 0 aromatic rings. The van der Waals surface area contributed by atoms with E-state index in [-0.39, 0.29) is 6.61 Å². The lowest BCUT2D eigenvalue weighted by molar-refractivity contribution is -0.303. The van der Waals surface area contributed by atoms with Gasteiger partial charge in [0.25, 0.3) is 0 Å². The van der Waals surface area contributed by atoms with Crippen molar-refractivity contribution in [1.29, 1.82) is 0 Å². The summed E-state index contributed by atoms with van der Waals surface area (Å²) >= 11 is 0. The molecule has 1 fully saturated rings. The third kappa shape index (κ3) is 3.88. The van der Waals surface area contributed by atoms with Gasteiger partial charge in [-0.05, 0) is 20.8 Å². The molecule has 6 heteroatoms. The Morgan fingerprint density at radius 1 is 0.944 bits per heavy atom. The minimum atomic E-state index is -1.16. The van der Waals surface area contributed by atoms with E-state index < -0.39 is 30.7 Å². The highest BCUT2D eigenvalue weighted by Crippen LogP contribution is 2.24. The summed E-state index contributed by atoms with van der Waals surface area (Å²) in [6, 6.07) is 0. The Bertz CT molecular complexity index is 223. The predicted octanol–water partition coefficient (Wildman–Crippen LogP) is -0.0888. The number of hydrogen-bond acceptors (Lipinski definition) is 6. The van der Waals surface area contributed by atoms with Crippen molar-refractivity contribution < 1.29 is 29.2 Å². The van der Waals surface area contributed by atoms with Crippen molar-refractivity contribution in [2.45, 2.75) is 51.5 Å². The molecule has 5 atom stereocenters. The van der Waals surface area contributed by atoms with Gasteiger partial charge in [0.05, 0.1) is 6.61 Å². The zero-order chi connectivity index (χ0) is 13.5. The van der Waals surface area contributed by atoms with Crippen LogP contribution < -0.4 is 0 Å². The highest BCUT2D eigenvalue weighted by molar-refractivity contribution is 4.90. The standard InChI is InChI=1S/C12H24O6/c1-4-15-7-8-10(16-5-2)9(13)11(17-6-3)12(14)18-8/h8-14H,4-7H2,1-3H3. The first kappa shape index (κ1) is 15.8. The molecule has 18 heavy (non-hydrogen) atoms. The fourth-order valence-electron chi connectivity index (χ4n) is 2.05. The van der Waals surface area contributed by atoms with Crippen molar-refractivity contribution in [1.82, 2.24) is 0 Å². The molecule has 0 spiro atoms. The summed E-state index contributed by atoms with van der Waals surface area (Å²) in [6.07, 6.45) is -3.93. The van der Waals surface area contributed by atoms with Crippen molar-refractivity contribution >= 4 is 0 Å². The Hall–Kier alpha value is -0.240. The zero-order valence-electron chi connectivity index (χ0n) is 11.2. The number of ether oxygens (including phenoxy) is 4. The van der Waals surface area contributed by atoms with Gasteiger partial charge in [-0.1, -0.05) is 0 Å². The lowest BCUT2D eigenvalue weighted by Gasteiger charge is -2.42. The van der Waals surface area contributed by atoms with Crippen LogP contribution in [0.3, 0.4) is 0 Å². The predicted molar refractivity (Wildman–Crippen MR) is 64.2 cm³/mol. The summed E-state index contributed by atoms with van der Waals surface area (Å²) in [5, 5.41) is 20.0. The van der Waals surface area contributed by atoms with Gasteiger partial charge in [-0.3, -0.25) is 0 Å². The second-order valence-corrected chi connectivity index (χ2v) is 4.06. The molecule has 1 saturated heterocycles. The third-order valence-electron chi connectivity index (χ3n) is 2.84. The van der Waals surface area contributed by atoms with Crippen molar-refractivity contribution in [2.75, 3.05) is 26.4 Å². The smallest absolute Gasteiger partial charge is 0.184 e. The molecule has 2 N–H and O–H groups in total. The molecule has 1 aliphatic rings. The molecule has 0 aromatic carbocycles. The molecular formula is C12H24O6. The van der Waals surface area contributed by atoms with Gasteiger partial charge in [-0.25, -0.2) is 0 Å². The van der Waals surface area contributed by atoms with E-state index in [0.717, 1.165) is 0 Å². The molecule has 0 bridgehead atoms. The van der Waals surface area contributed by atoms with Gasteiger partial charge in [0.15, 0.2) is 6.29 Å². The molecule has 6 nitrogen and oxygen atoms in total. The van der Waals surface area contributed by atoms with Crippen LogP contribution in [-0.2, 0) is 18.9 Å². The van der Waals surface area contributed by atoms with Gasteiger partial charge < -0.3 is 29.2 Å². The van der Waals surface area contributed by atoms with E-state index in [9.17, 15) is 10.2 Å². The maximum absolute atomic E-state index is 10.2. The van der Waals surface area contributed by atoms with Gasteiger partial charge in [0.1, 0.15) is 24.4 Å². The largest absolute Gasteiger partial charge is 0.387 e. The molecule has 0 saturated carbocycles. The fraction of sp³-hybridized carbons (Fsp3) is 1.00. The van der Waals surface area contributed by atoms with Gasteiger partial charge in [0, 0.05) is 19.8 Å². The average molecular weight is 264 g/mol. The SMILES string of the molecule is CCOCC1OC(O)C(OCC)C(O)C1OCC. The molecule has 0 aromatic heterocycles. The van der Waals surface area contributed by atoms with E-state index in [1.807, 2.05) is 13.8 Å². The summed E-state index contributed by atoms with van der Waals surface area (Å²) in [4.78, 5) is 0. The first-order valence-electron chi connectivity index (χ1n) is 6.48. The maximum atomic E-state index is 10.2. The summed E-state index contributed by atoms with van der Waals surface area (Å²) in [5.74, 6) is 0. The van der Waals surface area contributed by atoms with Crippen LogP contribution in [0.25, 0.3) is 0 Å². The molecule has 108 valence electrons. The van der Waals surface area contributed by atoms with E-state index in [0.29, 0.717) is 19.8 Å². The zero-order valence-corrected chi connectivity index (χ0v) is 11.2. The molecule has 1 aliphatic heterocycles. The summed E-state index contributed by atoms with van der Waals surface area (Å²) < 4.78 is 21.5. The minimum Gasteiger partial charge on any atom is -0.387 e.